The van der Waals surface area contributed by atoms with Gasteiger partial charge in [-0.2, -0.15) is 11.8 Å². The molecule has 2 N–H and O–H groups in total. The Kier molecular flexibility index (Phi) is 5.31. The molecule has 1 aliphatic heterocycles. The van der Waals surface area contributed by atoms with Gasteiger partial charge in [0.15, 0.2) is 9.84 Å². The predicted molar refractivity (Wildman–Crippen MR) is 75.3 cm³/mol. The van der Waals surface area contributed by atoms with Crippen LogP contribution in [0.1, 0.15) is 19.8 Å². The fourth-order valence-electron chi connectivity index (χ4n) is 2.58. The molecule has 1 heterocycles. The summed E-state index contributed by atoms with van der Waals surface area (Å²) >= 11 is 1.78. The Labute approximate surface area is 109 Å². The van der Waals surface area contributed by atoms with Crippen LogP contribution in [0, 0.1) is 0 Å². The summed E-state index contributed by atoms with van der Waals surface area (Å²) in [6.45, 7) is 2.55. The zero-order valence-corrected chi connectivity index (χ0v) is 12.6. The van der Waals surface area contributed by atoms with Gasteiger partial charge in [0, 0.05) is 23.9 Å². The second-order valence-electron chi connectivity index (χ2n) is 5.04. The molecule has 1 rings (SSSR count). The van der Waals surface area contributed by atoms with Gasteiger partial charge >= 0.3 is 0 Å². The lowest BCUT2D eigenvalue weighted by Crippen LogP contribution is -2.61. The molecular weight excluding hydrogens is 256 g/mol. The topological polar surface area (TPSA) is 63.4 Å². The molecule has 0 saturated carbocycles. The molecule has 0 aromatic heterocycles. The van der Waals surface area contributed by atoms with Crippen molar-refractivity contribution in [2.45, 2.75) is 31.3 Å². The van der Waals surface area contributed by atoms with E-state index in [4.69, 9.17) is 5.73 Å². The third kappa shape index (κ3) is 3.59. The number of rotatable bonds is 5. The van der Waals surface area contributed by atoms with Gasteiger partial charge in [0.05, 0.1) is 11.5 Å². The van der Waals surface area contributed by atoms with Gasteiger partial charge in [-0.15, -0.1) is 0 Å². The summed E-state index contributed by atoms with van der Waals surface area (Å²) in [6, 6.07) is 0.349. The monoisotopic (exact) mass is 280 g/mol. The van der Waals surface area contributed by atoms with Crippen LogP contribution in [0.25, 0.3) is 0 Å². The molecule has 4 nitrogen and oxygen atoms in total. The normalized spacial score (nSPS) is 30.4. The maximum atomic E-state index is 11.8. The van der Waals surface area contributed by atoms with Gasteiger partial charge in [0.2, 0.25) is 0 Å². The van der Waals surface area contributed by atoms with Crippen molar-refractivity contribution >= 4 is 21.6 Å². The maximum Gasteiger partial charge on any atom is 0.152 e. The highest BCUT2D eigenvalue weighted by Gasteiger charge is 2.42. The molecule has 1 fully saturated rings. The summed E-state index contributed by atoms with van der Waals surface area (Å²) in [5.41, 5.74) is 5.53. The number of hydrogen-bond acceptors (Lipinski definition) is 5. The van der Waals surface area contributed by atoms with Gasteiger partial charge in [-0.3, -0.25) is 4.90 Å². The molecule has 0 aliphatic carbocycles. The first-order chi connectivity index (χ1) is 7.87. The Bertz CT molecular complexity index is 345. The smallest absolute Gasteiger partial charge is 0.152 e. The van der Waals surface area contributed by atoms with E-state index in [1.807, 2.05) is 7.05 Å². The molecule has 6 heteroatoms. The van der Waals surface area contributed by atoms with E-state index in [0.717, 1.165) is 18.6 Å². The molecule has 102 valence electrons. The first-order valence-corrected chi connectivity index (χ1v) is 9.21. The number of nitrogens with two attached hydrogens (primary N) is 1. The second-order valence-corrected chi connectivity index (χ2v) is 8.13. The van der Waals surface area contributed by atoms with E-state index in [0.29, 0.717) is 18.3 Å². The highest BCUT2D eigenvalue weighted by Crippen LogP contribution is 2.29. The molecule has 1 saturated heterocycles. The molecule has 0 bridgehead atoms. The minimum Gasteiger partial charge on any atom is -0.329 e. The molecule has 2 unspecified atom stereocenters. The average Bonchev–Trinajstić information content (AvgIpc) is 2.26. The van der Waals surface area contributed by atoms with Crippen LogP contribution in [0.4, 0.5) is 0 Å². The molecule has 1 aliphatic rings. The van der Waals surface area contributed by atoms with Crippen molar-refractivity contribution in [3.05, 3.63) is 0 Å². The van der Waals surface area contributed by atoms with Gasteiger partial charge < -0.3 is 5.73 Å². The Morgan fingerprint density at radius 3 is 2.65 bits per heavy atom. The van der Waals surface area contributed by atoms with Crippen LogP contribution in [0.15, 0.2) is 0 Å². The highest BCUT2D eigenvalue weighted by atomic mass is 32.2. The lowest BCUT2D eigenvalue weighted by Gasteiger charge is -2.46. The van der Waals surface area contributed by atoms with Crippen LogP contribution in [0.5, 0.6) is 0 Å². The van der Waals surface area contributed by atoms with Crippen molar-refractivity contribution < 1.29 is 8.42 Å². The lowest BCUT2D eigenvalue weighted by molar-refractivity contribution is 0.101. The Hall–Kier alpha value is 0.220. The molecule has 0 aromatic rings. The van der Waals surface area contributed by atoms with Gasteiger partial charge in [-0.05, 0) is 33.1 Å². The summed E-state index contributed by atoms with van der Waals surface area (Å²) < 4.78 is 23.6. The van der Waals surface area contributed by atoms with E-state index in [1.165, 1.54) is 0 Å². The zero-order chi connectivity index (χ0) is 13.1. The molecule has 0 amide bonds. The molecular formula is C11H24N2O2S2. The van der Waals surface area contributed by atoms with Crippen molar-refractivity contribution in [1.29, 1.82) is 0 Å². The maximum absolute atomic E-state index is 11.8. The zero-order valence-electron chi connectivity index (χ0n) is 11.0. The summed E-state index contributed by atoms with van der Waals surface area (Å²) in [5, 5.41) is 0. The summed E-state index contributed by atoms with van der Waals surface area (Å²) in [4.78, 5) is 2.18. The highest BCUT2D eigenvalue weighted by molar-refractivity contribution is 7.98. The first-order valence-electron chi connectivity index (χ1n) is 5.99. The van der Waals surface area contributed by atoms with Gasteiger partial charge in [-0.1, -0.05) is 0 Å². The quantitative estimate of drug-likeness (QED) is 0.798. The second kappa shape index (κ2) is 5.91. The van der Waals surface area contributed by atoms with Gasteiger partial charge in [0.1, 0.15) is 0 Å². The number of hydrogen-bond donors (Lipinski definition) is 1. The molecule has 0 aromatic carbocycles. The minimum atomic E-state index is -2.92. The van der Waals surface area contributed by atoms with E-state index >= 15 is 0 Å². The molecule has 0 radical (unpaired) electrons. The van der Waals surface area contributed by atoms with Crippen LogP contribution >= 0.6 is 11.8 Å². The van der Waals surface area contributed by atoms with E-state index in [-0.39, 0.29) is 11.3 Å². The number of nitrogens with zero attached hydrogens (tertiary/aromatic N) is 1. The fourth-order valence-corrected chi connectivity index (χ4v) is 5.30. The van der Waals surface area contributed by atoms with Crippen molar-refractivity contribution in [3.63, 3.8) is 0 Å². The number of sulfone groups is 1. The van der Waals surface area contributed by atoms with Crippen molar-refractivity contribution in [3.8, 4) is 0 Å². The molecule has 2 atom stereocenters. The summed E-state index contributed by atoms with van der Waals surface area (Å²) in [6.07, 6.45) is 3.69. The standard InChI is InChI=1S/C11H24N2O2S2/c1-10(7-16-3)13(2)11(8-12)5-4-6-17(14,15)9-11/h10H,4-9,12H2,1-3H3. The fraction of sp³-hybridized carbons (Fsp3) is 1.00. The number of likely N-dealkylation sites (N-methyl/N-ethyl adjacent to an activating group) is 1. The molecule has 17 heavy (non-hydrogen) atoms. The summed E-state index contributed by atoms with van der Waals surface area (Å²) in [5.74, 6) is 1.53. The van der Waals surface area contributed by atoms with Gasteiger partial charge in [-0.25, -0.2) is 8.42 Å². The van der Waals surface area contributed by atoms with E-state index in [2.05, 4.69) is 18.1 Å². The van der Waals surface area contributed by atoms with E-state index < -0.39 is 9.84 Å². The summed E-state index contributed by atoms with van der Waals surface area (Å²) in [7, 11) is -0.916. The van der Waals surface area contributed by atoms with Crippen LogP contribution in [-0.2, 0) is 9.84 Å². The SMILES string of the molecule is CSCC(C)N(C)C1(CN)CCCS(=O)(=O)C1. The van der Waals surface area contributed by atoms with Crippen molar-refractivity contribution in [1.82, 2.24) is 4.90 Å². The Morgan fingerprint density at radius 1 is 1.53 bits per heavy atom. The van der Waals surface area contributed by atoms with E-state index in [1.54, 1.807) is 11.8 Å². The van der Waals surface area contributed by atoms with Gasteiger partial charge in [0.25, 0.3) is 0 Å². The third-order valence-corrected chi connectivity index (χ3v) is 6.49. The minimum absolute atomic E-state index is 0.214. The van der Waals surface area contributed by atoms with Crippen LogP contribution < -0.4 is 5.73 Å². The van der Waals surface area contributed by atoms with Crippen LogP contribution in [-0.4, -0.2) is 62.0 Å². The largest absolute Gasteiger partial charge is 0.329 e. The number of thioether (sulfide) groups is 1. The van der Waals surface area contributed by atoms with Crippen LogP contribution in [0.3, 0.4) is 0 Å². The van der Waals surface area contributed by atoms with Crippen molar-refractivity contribution in [2.75, 3.05) is 37.1 Å². The molecule has 0 spiro atoms. The Morgan fingerprint density at radius 2 is 2.18 bits per heavy atom. The van der Waals surface area contributed by atoms with Crippen LogP contribution in [0.2, 0.25) is 0 Å². The first kappa shape index (κ1) is 15.3. The van der Waals surface area contributed by atoms with E-state index in [9.17, 15) is 8.42 Å². The van der Waals surface area contributed by atoms with Crippen molar-refractivity contribution in [2.24, 2.45) is 5.73 Å². The predicted octanol–water partition coefficient (Wildman–Crippen LogP) is 0.576. The Balaban J connectivity index is 2.87. The third-order valence-electron chi connectivity index (χ3n) is 3.78. The lowest BCUT2D eigenvalue weighted by atomic mass is 9.92. The average molecular weight is 280 g/mol.